The molecule has 2 N–H and O–H groups in total. The lowest BCUT2D eigenvalue weighted by Gasteiger charge is -2.33. The minimum absolute atomic E-state index is 0.00630. The smallest absolute Gasteiger partial charge is 0.254 e. The van der Waals surface area contributed by atoms with E-state index in [1.165, 1.54) is 0 Å². The van der Waals surface area contributed by atoms with Crippen molar-refractivity contribution in [3.05, 3.63) is 68.2 Å². The third kappa shape index (κ3) is 8.50. The molecule has 0 bridgehead atoms. The molecule has 0 saturated carbocycles. The van der Waals surface area contributed by atoms with Gasteiger partial charge in [-0.1, -0.05) is 35.3 Å². The number of hydrogen-bond acceptors (Lipinski definition) is 8. The molecule has 42 heavy (non-hydrogen) atoms. The van der Waals surface area contributed by atoms with Gasteiger partial charge in [0.25, 0.3) is 5.91 Å². The van der Waals surface area contributed by atoms with E-state index in [-0.39, 0.29) is 31.4 Å². The van der Waals surface area contributed by atoms with Gasteiger partial charge in [-0.05, 0) is 47.5 Å². The molecule has 228 valence electrons. The Morgan fingerprint density at radius 2 is 1.79 bits per heavy atom. The van der Waals surface area contributed by atoms with Crippen molar-refractivity contribution in [2.24, 2.45) is 0 Å². The molecule has 2 aliphatic heterocycles. The summed E-state index contributed by atoms with van der Waals surface area (Å²) in [6.45, 7) is 5.01. The van der Waals surface area contributed by atoms with E-state index in [4.69, 9.17) is 37.4 Å². The highest BCUT2D eigenvalue weighted by Gasteiger charge is 2.31. The average Bonchev–Trinajstić information content (AvgIpc) is 3.28. The number of likely N-dealkylation sites (N-methyl/N-ethyl adjacent to an activating group) is 1. The number of halogens is 2. The number of benzene rings is 2. The molecule has 0 spiro atoms. The van der Waals surface area contributed by atoms with Gasteiger partial charge in [-0.3, -0.25) is 9.59 Å². The molecule has 2 atom stereocenters. The number of aliphatic hydroxyl groups is 1. The van der Waals surface area contributed by atoms with Gasteiger partial charge >= 0.3 is 0 Å². The summed E-state index contributed by atoms with van der Waals surface area (Å²) in [5, 5.41) is 13.1. The Bertz CT molecular complexity index is 1260. The number of amides is 2. The molecule has 2 aromatic rings. The summed E-state index contributed by atoms with van der Waals surface area (Å²) in [6.07, 6.45) is -1.06. The number of aliphatic hydroxyl groups excluding tert-OH is 1. The molecule has 12 heteroatoms. The maximum Gasteiger partial charge on any atom is 0.254 e. The molecule has 2 unspecified atom stereocenters. The summed E-state index contributed by atoms with van der Waals surface area (Å²) < 4.78 is 16.5. The average molecular weight is 623 g/mol. The number of ether oxygens (including phenoxy) is 3. The maximum absolute atomic E-state index is 13.2. The molecule has 2 aliphatic rings. The number of carbonyl (C=O) groups excluding carboxylic acids is 3. The Balaban J connectivity index is 1.13. The van der Waals surface area contributed by atoms with Gasteiger partial charge in [0, 0.05) is 60.7 Å². The highest BCUT2D eigenvalue weighted by molar-refractivity contribution is 6.35. The van der Waals surface area contributed by atoms with Crippen LogP contribution < -0.4 is 5.32 Å². The highest BCUT2D eigenvalue weighted by Crippen LogP contribution is 2.39. The zero-order valence-corrected chi connectivity index (χ0v) is 25.2. The molecule has 10 nitrogen and oxygen atoms in total. The van der Waals surface area contributed by atoms with Crippen molar-refractivity contribution in [2.45, 2.75) is 31.5 Å². The second kappa shape index (κ2) is 15.8. The predicted molar refractivity (Wildman–Crippen MR) is 158 cm³/mol. The van der Waals surface area contributed by atoms with E-state index in [1.54, 1.807) is 11.0 Å². The molecule has 2 aromatic carbocycles. The zero-order chi connectivity index (χ0) is 30.1. The van der Waals surface area contributed by atoms with E-state index < -0.39 is 12.0 Å². The minimum atomic E-state index is -1.33. The van der Waals surface area contributed by atoms with Crippen molar-refractivity contribution in [3.63, 3.8) is 0 Å². The van der Waals surface area contributed by atoms with Gasteiger partial charge in [0.05, 0.1) is 39.6 Å². The Morgan fingerprint density at radius 3 is 2.52 bits per heavy atom. The van der Waals surface area contributed by atoms with Crippen molar-refractivity contribution in [1.29, 1.82) is 0 Å². The largest absolute Gasteiger partial charge is 0.383 e. The molecule has 2 amide bonds. The number of nitrogens with one attached hydrogen (secondary N) is 1. The van der Waals surface area contributed by atoms with Crippen LogP contribution in [0.1, 0.15) is 45.0 Å². The predicted octanol–water partition coefficient (Wildman–Crippen LogP) is 2.64. The molecule has 0 radical (unpaired) electrons. The number of nitrogens with zero attached hydrogens (tertiary/aromatic N) is 2. The van der Waals surface area contributed by atoms with Gasteiger partial charge in [-0.2, -0.15) is 0 Å². The van der Waals surface area contributed by atoms with E-state index in [0.29, 0.717) is 62.5 Å². The molecule has 2 heterocycles. The zero-order valence-electron chi connectivity index (χ0n) is 23.7. The summed E-state index contributed by atoms with van der Waals surface area (Å²) in [7, 11) is 2.07. The number of fused-ring (bicyclic) bond motifs is 2. The van der Waals surface area contributed by atoms with Crippen LogP contribution in [0.15, 0.2) is 30.3 Å². The van der Waals surface area contributed by atoms with Crippen LogP contribution in [0, 0.1) is 0 Å². The van der Waals surface area contributed by atoms with Gasteiger partial charge in [0.15, 0.2) is 0 Å². The quantitative estimate of drug-likeness (QED) is 0.217. The normalized spacial score (nSPS) is 17.2. The summed E-state index contributed by atoms with van der Waals surface area (Å²) >= 11 is 12.9. The fourth-order valence-electron chi connectivity index (χ4n) is 5.19. The third-order valence-electron chi connectivity index (χ3n) is 7.32. The second-order valence-electron chi connectivity index (χ2n) is 10.4. The Morgan fingerprint density at radius 1 is 1.07 bits per heavy atom. The molecular weight excluding hydrogens is 585 g/mol. The van der Waals surface area contributed by atoms with Crippen LogP contribution in [-0.2, 0) is 36.9 Å². The van der Waals surface area contributed by atoms with E-state index in [9.17, 15) is 19.5 Å². The van der Waals surface area contributed by atoms with Crippen molar-refractivity contribution in [3.8, 4) is 0 Å². The molecule has 0 saturated heterocycles. The molecular formula is C30H37Cl2N3O7. The van der Waals surface area contributed by atoms with Gasteiger partial charge < -0.3 is 39.2 Å². The Labute approximate surface area is 255 Å². The lowest BCUT2D eigenvalue weighted by atomic mass is 9.84. The third-order valence-corrected chi connectivity index (χ3v) is 7.88. The lowest BCUT2D eigenvalue weighted by molar-refractivity contribution is -0.131. The van der Waals surface area contributed by atoms with E-state index in [0.717, 1.165) is 40.9 Å². The van der Waals surface area contributed by atoms with Crippen molar-refractivity contribution < 1.29 is 33.7 Å². The van der Waals surface area contributed by atoms with Crippen LogP contribution in [0.2, 0.25) is 10.0 Å². The molecule has 0 fully saturated rings. The number of aldehydes is 1. The SMILES string of the molecule is CN1Cc2c(Cl)cc(Cl)cc2C(c2ccc3c(c2)C(=O)N(CCOCCOCCOCCNC(=O)C(O)CC=O)C3)C1. The van der Waals surface area contributed by atoms with Gasteiger partial charge in [0.2, 0.25) is 5.91 Å². The summed E-state index contributed by atoms with van der Waals surface area (Å²) in [4.78, 5) is 39.0. The standard InChI is InChI=1S/C30H37Cl2N3O7/c1-34-18-25(24-15-22(31)16-27(32)26(24)19-34)20-2-3-21-17-35(30(39)23(21)14-20)6-9-41-11-13-42-12-10-40-8-5-33-29(38)28(37)4-7-36/h2-3,7,14-16,25,28,37H,4-6,8-13,17-19H2,1H3,(H,33,38). The van der Waals surface area contributed by atoms with Crippen LogP contribution in [0.25, 0.3) is 0 Å². The summed E-state index contributed by atoms with van der Waals surface area (Å²) in [5.74, 6) is -0.518. The first-order valence-corrected chi connectivity index (χ1v) is 14.7. The van der Waals surface area contributed by atoms with E-state index >= 15 is 0 Å². The first-order valence-electron chi connectivity index (χ1n) is 14.0. The Kier molecular flexibility index (Phi) is 12.1. The summed E-state index contributed by atoms with van der Waals surface area (Å²) in [5.41, 5.74) is 5.02. The van der Waals surface area contributed by atoms with Crippen molar-refractivity contribution in [2.75, 3.05) is 66.3 Å². The maximum atomic E-state index is 13.2. The van der Waals surface area contributed by atoms with Crippen molar-refractivity contribution in [1.82, 2.24) is 15.1 Å². The second-order valence-corrected chi connectivity index (χ2v) is 11.2. The fraction of sp³-hybridized carbons (Fsp3) is 0.500. The fourth-order valence-corrected chi connectivity index (χ4v) is 5.75. The number of hydrogen-bond donors (Lipinski definition) is 2. The lowest BCUT2D eigenvalue weighted by Crippen LogP contribution is -2.36. The summed E-state index contributed by atoms with van der Waals surface area (Å²) in [6, 6.07) is 9.94. The first kappa shape index (κ1) is 32.3. The van der Waals surface area contributed by atoms with E-state index in [2.05, 4.69) is 23.3 Å². The number of carbonyl (C=O) groups is 3. The van der Waals surface area contributed by atoms with Crippen LogP contribution in [0.3, 0.4) is 0 Å². The molecule has 4 rings (SSSR count). The van der Waals surface area contributed by atoms with Gasteiger partial charge in [-0.25, -0.2) is 0 Å². The Hall–Kier alpha value is -2.57. The molecule has 0 aliphatic carbocycles. The van der Waals surface area contributed by atoms with Crippen molar-refractivity contribution >= 4 is 41.3 Å². The number of rotatable bonds is 16. The van der Waals surface area contributed by atoms with Crippen LogP contribution >= 0.6 is 23.2 Å². The van der Waals surface area contributed by atoms with Gasteiger partial charge in [-0.15, -0.1) is 0 Å². The van der Waals surface area contributed by atoms with E-state index in [1.807, 2.05) is 18.2 Å². The minimum Gasteiger partial charge on any atom is -0.383 e. The highest BCUT2D eigenvalue weighted by atomic mass is 35.5. The van der Waals surface area contributed by atoms with Crippen LogP contribution in [-0.4, -0.2) is 105 Å². The molecule has 0 aromatic heterocycles. The first-order chi connectivity index (χ1) is 20.3. The topological polar surface area (TPSA) is 118 Å². The van der Waals surface area contributed by atoms with Gasteiger partial charge in [0.1, 0.15) is 12.4 Å². The monoisotopic (exact) mass is 621 g/mol. The van der Waals surface area contributed by atoms with Crippen LogP contribution in [0.4, 0.5) is 0 Å². The van der Waals surface area contributed by atoms with Crippen LogP contribution in [0.5, 0.6) is 0 Å².